The molecule has 1 rings (SSSR count). The van der Waals surface area contributed by atoms with Crippen molar-refractivity contribution in [1.29, 1.82) is 0 Å². The number of carbonyl (C=O) groups excluding carboxylic acids is 1. The second kappa shape index (κ2) is 8.42. The highest BCUT2D eigenvalue weighted by Crippen LogP contribution is 2.20. The van der Waals surface area contributed by atoms with E-state index in [0.717, 1.165) is 28.4 Å². The monoisotopic (exact) mass is 341 g/mol. The van der Waals surface area contributed by atoms with Crippen LogP contribution in [0.3, 0.4) is 0 Å². The quantitative estimate of drug-likeness (QED) is 0.749. The van der Waals surface area contributed by atoms with E-state index in [1.807, 2.05) is 30.0 Å². The van der Waals surface area contributed by atoms with Crippen LogP contribution in [0, 0.1) is 6.92 Å². The fourth-order valence-corrected chi connectivity index (χ4v) is 2.56. The van der Waals surface area contributed by atoms with Crippen molar-refractivity contribution >= 4 is 21.8 Å². The van der Waals surface area contributed by atoms with Crippen LogP contribution in [0.5, 0.6) is 0 Å². The predicted octanol–water partition coefficient (Wildman–Crippen LogP) is 4.03. The molecule has 3 nitrogen and oxygen atoms in total. The summed E-state index contributed by atoms with van der Waals surface area (Å²) >= 11 is 3.47. The maximum absolute atomic E-state index is 12.7. The van der Waals surface area contributed by atoms with Crippen LogP contribution in [0.15, 0.2) is 22.7 Å². The number of hydrogen-bond donors (Lipinski definition) is 0. The third-order valence-electron chi connectivity index (χ3n) is 3.59. The number of carbonyl (C=O) groups is 1. The Morgan fingerprint density at radius 1 is 1.35 bits per heavy atom. The van der Waals surface area contributed by atoms with Crippen LogP contribution < -0.4 is 0 Å². The summed E-state index contributed by atoms with van der Waals surface area (Å²) in [6.07, 6.45) is 1.92. The minimum absolute atomic E-state index is 0.0892. The summed E-state index contributed by atoms with van der Waals surface area (Å²) in [5.41, 5.74) is 1.82. The lowest BCUT2D eigenvalue weighted by Gasteiger charge is -2.30. The molecule has 0 atom stereocenters. The molecule has 1 amide bonds. The van der Waals surface area contributed by atoms with Gasteiger partial charge >= 0.3 is 0 Å². The number of ether oxygens (including phenoxy) is 1. The summed E-state index contributed by atoms with van der Waals surface area (Å²) in [4.78, 5) is 14.7. The number of methoxy groups -OCH3 is 1. The zero-order valence-corrected chi connectivity index (χ0v) is 14.4. The van der Waals surface area contributed by atoms with Gasteiger partial charge in [-0.25, -0.2) is 0 Å². The second-order valence-electron chi connectivity index (χ2n) is 4.93. The molecule has 0 aromatic heterocycles. The molecule has 0 N–H and O–H groups in total. The van der Waals surface area contributed by atoms with Crippen molar-refractivity contribution in [2.24, 2.45) is 0 Å². The highest BCUT2D eigenvalue weighted by molar-refractivity contribution is 9.10. The molecule has 0 radical (unpaired) electrons. The summed E-state index contributed by atoms with van der Waals surface area (Å²) in [5.74, 6) is 0.0892. The van der Waals surface area contributed by atoms with Crippen molar-refractivity contribution in [1.82, 2.24) is 4.90 Å². The number of aryl methyl sites for hydroxylation is 1. The Morgan fingerprint density at radius 3 is 2.50 bits per heavy atom. The first-order chi connectivity index (χ1) is 9.54. The fourth-order valence-electron chi connectivity index (χ4n) is 2.31. The number of nitrogens with zero attached hydrogens (tertiary/aromatic N) is 1. The van der Waals surface area contributed by atoms with Crippen molar-refractivity contribution in [2.75, 3.05) is 20.3 Å². The van der Waals surface area contributed by atoms with Gasteiger partial charge in [0, 0.05) is 29.7 Å². The first-order valence-electron chi connectivity index (χ1n) is 7.11. The lowest BCUT2D eigenvalue weighted by Crippen LogP contribution is -2.41. The molecule has 0 fully saturated rings. The third-order valence-corrected chi connectivity index (χ3v) is 4.48. The summed E-state index contributed by atoms with van der Waals surface area (Å²) in [7, 11) is 1.67. The number of benzene rings is 1. The van der Waals surface area contributed by atoms with Gasteiger partial charge in [-0.1, -0.05) is 29.8 Å². The first kappa shape index (κ1) is 17.2. The molecule has 0 unspecified atom stereocenters. The van der Waals surface area contributed by atoms with E-state index < -0.39 is 0 Å². The predicted molar refractivity (Wildman–Crippen MR) is 86.2 cm³/mol. The summed E-state index contributed by atoms with van der Waals surface area (Å²) in [5, 5.41) is 0. The van der Waals surface area contributed by atoms with Gasteiger partial charge in [0.2, 0.25) is 0 Å². The second-order valence-corrected chi connectivity index (χ2v) is 5.78. The molecule has 0 saturated carbocycles. The fraction of sp³-hybridized carbons (Fsp3) is 0.562. The number of halogens is 1. The van der Waals surface area contributed by atoms with E-state index >= 15 is 0 Å². The Morgan fingerprint density at radius 2 is 2.00 bits per heavy atom. The summed E-state index contributed by atoms with van der Waals surface area (Å²) in [6.45, 7) is 7.44. The van der Waals surface area contributed by atoms with Gasteiger partial charge in [0.25, 0.3) is 5.91 Å². The van der Waals surface area contributed by atoms with E-state index in [4.69, 9.17) is 4.74 Å². The Labute approximate surface area is 130 Å². The smallest absolute Gasteiger partial charge is 0.254 e. The molecule has 112 valence electrons. The van der Waals surface area contributed by atoms with Crippen LogP contribution in [0.1, 0.15) is 42.6 Å². The lowest BCUT2D eigenvalue weighted by atomic mass is 10.1. The average molecular weight is 342 g/mol. The molecule has 4 heteroatoms. The van der Waals surface area contributed by atoms with E-state index in [1.165, 1.54) is 0 Å². The Balaban J connectivity index is 2.99. The van der Waals surface area contributed by atoms with Crippen molar-refractivity contribution in [3.63, 3.8) is 0 Å². The number of amides is 1. The molecule has 0 aliphatic heterocycles. The van der Waals surface area contributed by atoms with Crippen LogP contribution in [0.4, 0.5) is 0 Å². The van der Waals surface area contributed by atoms with Crippen LogP contribution >= 0.6 is 15.9 Å². The van der Waals surface area contributed by atoms with Gasteiger partial charge in [0.15, 0.2) is 0 Å². The zero-order valence-electron chi connectivity index (χ0n) is 12.8. The summed E-state index contributed by atoms with van der Waals surface area (Å²) < 4.78 is 6.17. The largest absolute Gasteiger partial charge is 0.383 e. The highest BCUT2D eigenvalue weighted by Gasteiger charge is 2.22. The molecule has 0 aliphatic carbocycles. The SMILES string of the molecule is CCC(CC)N(CCOC)C(=O)c1ccc(Br)c(C)c1. The van der Waals surface area contributed by atoms with Gasteiger partial charge in [0.05, 0.1) is 6.61 Å². The third kappa shape index (κ3) is 4.32. The number of hydrogen-bond acceptors (Lipinski definition) is 2. The van der Waals surface area contributed by atoms with Crippen molar-refractivity contribution < 1.29 is 9.53 Å². The van der Waals surface area contributed by atoms with Crippen molar-refractivity contribution in [2.45, 2.75) is 39.7 Å². The molecule has 0 aliphatic rings. The van der Waals surface area contributed by atoms with E-state index in [-0.39, 0.29) is 11.9 Å². The maximum atomic E-state index is 12.7. The Hall–Kier alpha value is -0.870. The van der Waals surface area contributed by atoms with Crippen LogP contribution in [-0.4, -0.2) is 37.1 Å². The average Bonchev–Trinajstić information content (AvgIpc) is 2.45. The van der Waals surface area contributed by atoms with Gasteiger partial charge in [0.1, 0.15) is 0 Å². The Bertz CT molecular complexity index is 444. The molecule has 0 bridgehead atoms. The van der Waals surface area contributed by atoms with E-state index in [0.29, 0.717) is 13.2 Å². The molecule has 0 heterocycles. The van der Waals surface area contributed by atoms with Crippen molar-refractivity contribution in [3.05, 3.63) is 33.8 Å². The molecular formula is C16H24BrNO2. The van der Waals surface area contributed by atoms with E-state index in [1.54, 1.807) is 7.11 Å². The maximum Gasteiger partial charge on any atom is 0.254 e. The highest BCUT2D eigenvalue weighted by atomic mass is 79.9. The van der Waals surface area contributed by atoms with Gasteiger partial charge < -0.3 is 9.64 Å². The van der Waals surface area contributed by atoms with Gasteiger partial charge in [-0.3, -0.25) is 4.79 Å². The van der Waals surface area contributed by atoms with Gasteiger partial charge in [-0.05, 0) is 43.5 Å². The first-order valence-corrected chi connectivity index (χ1v) is 7.90. The molecule has 1 aromatic carbocycles. The number of rotatable bonds is 7. The Kier molecular flexibility index (Phi) is 7.24. The van der Waals surface area contributed by atoms with Crippen LogP contribution in [0.2, 0.25) is 0 Å². The molecule has 0 spiro atoms. The lowest BCUT2D eigenvalue weighted by molar-refractivity contribution is 0.0589. The minimum atomic E-state index is 0.0892. The normalized spacial score (nSPS) is 10.9. The summed E-state index contributed by atoms with van der Waals surface area (Å²) in [6, 6.07) is 6.02. The van der Waals surface area contributed by atoms with Gasteiger partial charge in [-0.15, -0.1) is 0 Å². The van der Waals surface area contributed by atoms with Crippen LogP contribution in [-0.2, 0) is 4.74 Å². The zero-order chi connectivity index (χ0) is 15.1. The topological polar surface area (TPSA) is 29.5 Å². The molecule has 20 heavy (non-hydrogen) atoms. The van der Waals surface area contributed by atoms with Crippen molar-refractivity contribution in [3.8, 4) is 0 Å². The van der Waals surface area contributed by atoms with Gasteiger partial charge in [-0.2, -0.15) is 0 Å². The molecular weight excluding hydrogens is 318 g/mol. The van der Waals surface area contributed by atoms with Crippen LogP contribution in [0.25, 0.3) is 0 Å². The molecule has 0 saturated heterocycles. The van der Waals surface area contributed by atoms with E-state index in [2.05, 4.69) is 29.8 Å². The standard InChI is InChI=1S/C16H24BrNO2/c1-5-14(6-2)18(9-10-20-4)16(19)13-7-8-15(17)12(3)11-13/h7-8,11,14H,5-6,9-10H2,1-4H3. The molecule has 1 aromatic rings. The minimum Gasteiger partial charge on any atom is -0.383 e. The van der Waals surface area contributed by atoms with E-state index in [9.17, 15) is 4.79 Å².